The third-order valence-electron chi connectivity index (χ3n) is 5.47. The first-order valence-corrected chi connectivity index (χ1v) is 15.2. The van der Waals surface area contributed by atoms with Gasteiger partial charge in [0, 0.05) is 0 Å². The number of anilines is 1. The van der Waals surface area contributed by atoms with Crippen LogP contribution < -0.4 is 3.71 Å². The Morgan fingerprint density at radius 2 is 1.12 bits per heavy atom. The molecule has 0 radical (unpaired) electrons. The molecule has 0 saturated heterocycles. The number of benzene rings is 4. The summed E-state index contributed by atoms with van der Waals surface area (Å²) in [5.74, 6) is 0. The number of hydrogen-bond donors (Lipinski definition) is 0. The fraction of sp³-hybridized carbons (Fsp3) is 0.0400. The maximum Gasteiger partial charge on any atom is 0.277 e. The highest BCUT2D eigenvalue weighted by atomic mass is 32.3. The van der Waals surface area contributed by atoms with E-state index in [-0.39, 0.29) is 15.5 Å². The summed E-state index contributed by atoms with van der Waals surface area (Å²) in [5.41, 5.74) is 0.124. The highest BCUT2D eigenvalue weighted by Crippen LogP contribution is 2.40. The second-order valence-corrected chi connectivity index (χ2v) is 13.3. The molecule has 0 N–H and O–H groups in total. The number of rotatable bonds is 6. The average Bonchev–Trinajstić information content (AvgIpc) is 3.31. The van der Waals surface area contributed by atoms with E-state index in [2.05, 4.69) is 0 Å². The van der Waals surface area contributed by atoms with Gasteiger partial charge in [0.15, 0.2) is 0 Å². The Hall–Kier alpha value is -2.85. The van der Waals surface area contributed by atoms with Crippen molar-refractivity contribution in [1.29, 1.82) is 0 Å². The van der Waals surface area contributed by atoms with Crippen molar-refractivity contribution in [2.24, 2.45) is 0 Å². The lowest BCUT2D eigenvalue weighted by Crippen LogP contribution is -2.37. The Morgan fingerprint density at radius 3 is 1.59 bits per heavy atom. The van der Waals surface area contributed by atoms with Gasteiger partial charge in [-0.1, -0.05) is 60.7 Å². The number of hydrogen-bond acceptors (Lipinski definition) is 6. The standard InChI is InChI=1S/C25H19NO4S4/c1-31-25-24(14-15-32-25)26(33(27,28)22-12-10-18-6-2-4-8-20(18)16-22)34(29,30)23-13-11-19-7-3-5-9-21(19)17-23/h2-17H,1H3. The van der Waals surface area contributed by atoms with E-state index >= 15 is 0 Å². The lowest BCUT2D eigenvalue weighted by atomic mass is 10.1. The summed E-state index contributed by atoms with van der Waals surface area (Å²) in [4.78, 5) is -0.178. The van der Waals surface area contributed by atoms with E-state index in [0.29, 0.717) is 18.7 Å². The van der Waals surface area contributed by atoms with Crippen molar-refractivity contribution in [2.75, 3.05) is 9.97 Å². The van der Waals surface area contributed by atoms with Crippen molar-refractivity contribution in [1.82, 2.24) is 0 Å². The van der Waals surface area contributed by atoms with Crippen LogP contribution in [0.25, 0.3) is 21.5 Å². The molecule has 5 aromatic rings. The molecular weight excluding hydrogens is 507 g/mol. The van der Waals surface area contributed by atoms with Crippen molar-refractivity contribution >= 4 is 70.4 Å². The van der Waals surface area contributed by atoms with Gasteiger partial charge in [0.1, 0.15) is 0 Å². The number of thiophene rings is 1. The summed E-state index contributed by atoms with van der Waals surface area (Å²) in [6, 6.07) is 25.5. The molecule has 0 aliphatic rings. The van der Waals surface area contributed by atoms with Gasteiger partial charge < -0.3 is 0 Å². The minimum atomic E-state index is -4.47. The van der Waals surface area contributed by atoms with Crippen LogP contribution in [0.3, 0.4) is 0 Å². The van der Waals surface area contributed by atoms with Crippen LogP contribution in [-0.2, 0) is 20.0 Å². The molecule has 0 unspecified atom stereocenters. The van der Waals surface area contributed by atoms with Crippen molar-refractivity contribution in [3.63, 3.8) is 0 Å². The van der Waals surface area contributed by atoms with E-state index in [1.807, 2.05) is 36.4 Å². The van der Waals surface area contributed by atoms with Gasteiger partial charge in [0.2, 0.25) is 0 Å². The number of nitrogens with zero attached hydrogens (tertiary/aromatic N) is 1. The highest BCUT2D eigenvalue weighted by Gasteiger charge is 2.39. The molecule has 4 aromatic carbocycles. The summed E-state index contributed by atoms with van der Waals surface area (Å²) < 4.78 is 57.0. The molecule has 0 aliphatic carbocycles. The van der Waals surface area contributed by atoms with Crippen molar-refractivity contribution in [3.05, 3.63) is 96.4 Å². The number of fused-ring (bicyclic) bond motifs is 2. The van der Waals surface area contributed by atoms with E-state index in [9.17, 15) is 16.8 Å². The van der Waals surface area contributed by atoms with Crippen molar-refractivity contribution in [2.45, 2.75) is 14.0 Å². The highest BCUT2D eigenvalue weighted by molar-refractivity contribution is 8.10. The Kier molecular flexibility index (Phi) is 5.89. The summed E-state index contributed by atoms with van der Waals surface area (Å²) in [6.45, 7) is 0. The topological polar surface area (TPSA) is 71.5 Å². The Morgan fingerprint density at radius 1 is 0.647 bits per heavy atom. The predicted molar refractivity (Wildman–Crippen MR) is 141 cm³/mol. The average molecular weight is 526 g/mol. The van der Waals surface area contributed by atoms with Gasteiger partial charge in [-0.25, -0.2) is 16.8 Å². The maximum absolute atomic E-state index is 14.0. The van der Waals surface area contributed by atoms with Gasteiger partial charge >= 0.3 is 0 Å². The fourth-order valence-electron chi connectivity index (χ4n) is 3.81. The maximum atomic E-state index is 14.0. The molecule has 9 heteroatoms. The van der Waals surface area contributed by atoms with E-state index < -0.39 is 20.0 Å². The molecule has 0 fully saturated rings. The predicted octanol–water partition coefficient (Wildman–Crippen LogP) is 6.36. The summed E-state index contributed by atoms with van der Waals surface area (Å²) >= 11 is 2.60. The summed E-state index contributed by atoms with van der Waals surface area (Å²) in [5, 5.41) is 4.85. The minimum Gasteiger partial charge on any atom is -0.200 e. The smallest absolute Gasteiger partial charge is 0.200 e. The van der Waals surface area contributed by atoms with E-state index in [4.69, 9.17) is 0 Å². The molecule has 1 aromatic heterocycles. The van der Waals surface area contributed by atoms with Crippen LogP contribution in [0.4, 0.5) is 5.69 Å². The Bertz CT molecular complexity index is 1630. The van der Waals surface area contributed by atoms with Crippen molar-refractivity contribution < 1.29 is 16.8 Å². The third kappa shape index (κ3) is 3.88. The first kappa shape index (κ1) is 22.9. The number of sulfonamides is 2. The van der Waals surface area contributed by atoms with Crippen LogP contribution in [0, 0.1) is 0 Å². The zero-order valence-electron chi connectivity index (χ0n) is 18.0. The normalized spacial score (nSPS) is 12.3. The summed E-state index contributed by atoms with van der Waals surface area (Å²) in [6.07, 6.45) is 1.79. The summed E-state index contributed by atoms with van der Waals surface area (Å²) in [7, 11) is -8.94. The molecule has 0 saturated carbocycles. The molecule has 172 valence electrons. The van der Waals surface area contributed by atoms with Gasteiger partial charge in [-0.3, -0.25) is 0 Å². The van der Waals surface area contributed by atoms with Crippen LogP contribution in [0.15, 0.2) is 110 Å². The molecular formula is C25H19NO4S4. The van der Waals surface area contributed by atoms with Crippen molar-refractivity contribution in [3.8, 4) is 0 Å². The van der Waals surface area contributed by atoms with Crippen LogP contribution in [0.5, 0.6) is 0 Å². The third-order valence-corrected chi connectivity index (χ3v) is 11.7. The molecule has 34 heavy (non-hydrogen) atoms. The van der Waals surface area contributed by atoms with Crippen LogP contribution in [0.1, 0.15) is 0 Å². The Labute approximate surface area is 206 Å². The zero-order valence-corrected chi connectivity index (χ0v) is 21.2. The van der Waals surface area contributed by atoms with E-state index in [0.717, 1.165) is 10.8 Å². The molecule has 5 nitrogen and oxygen atoms in total. The first-order chi connectivity index (χ1) is 16.3. The van der Waals surface area contributed by atoms with Crippen LogP contribution >= 0.6 is 23.1 Å². The fourth-order valence-corrected chi connectivity index (χ4v) is 9.35. The van der Waals surface area contributed by atoms with Crippen LogP contribution in [-0.4, -0.2) is 23.1 Å². The second-order valence-electron chi connectivity index (χ2n) is 7.52. The SMILES string of the molecule is CSc1sccc1N(S(=O)(=O)c1ccc2ccccc2c1)S(=O)(=O)c1ccc2ccccc2c1. The molecule has 0 spiro atoms. The molecule has 0 bridgehead atoms. The van der Waals surface area contributed by atoms with Crippen LogP contribution in [0.2, 0.25) is 0 Å². The zero-order chi connectivity index (χ0) is 23.9. The molecule has 0 amide bonds. The monoisotopic (exact) mass is 525 g/mol. The largest absolute Gasteiger partial charge is 0.277 e. The first-order valence-electron chi connectivity index (χ1n) is 10.2. The van der Waals surface area contributed by atoms with Gasteiger partial charge in [-0.05, 0) is 63.5 Å². The van der Waals surface area contributed by atoms with E-state index in [1.54, 1.807) is 35.9 Å². The lowest BCUT2D eigenvalue weighted by Gasteiger charge is -2.24. The van der Waals surface area contributed by atoms with E-state index in [1.165, 1.54) is 53.4 Å². The van der Waals surface area contributed by atoms with Gasteiger partial charge in [0.05, 0.1) is 19.7 Å². The number of thioether (sulfide) groups is 1. The van der Waals surface area contributed by atoms with Gasteiger partial charge in [0.25, 0.3) is 20.0 Å². The quantitative estimate of drug-likeness (QED) is 0.241. The van der Waals surface area contributed by atoms with Gasteiger partial charge in [-0.15, -0.1) is 23.1 Å². The molecule has 0 aliphatic heterocycles. The lowest BCUT2D eigenvalue weighted by molar-refractivity contribution is 0.584. The minimum absolute atomic E-state index is 0.0891. The second kappa shape index (κ2) is 8.74. The molecule has 0 atom stereocenters. The Balaban J connectivity index is 1.74. The molecule has 5 rings (SSSR count). The molecule has 1 heterocycles. The van der Waals surface area contributed by atoms with Gasteiger partial charge in [-0.2, -0.15) is 3.71 Å².